The maximum atomic E-state index is 12.6. The standard InChI is InChI=1S/C14H19N3O3/c1-2-10-5-3-4-6-11(10)14(18)17-7-8-20-12(9-17)13(15)16-19/h3-6,12,19H,2,7-9H2,1H3,(H2,15,16). The minimum Gasteiger partial charge on any atom is -0.409 e. The summed E-state index contributed by atoms with van der Waals surface area (Å²) in [6, 6.07) is 7.56. The topological polar surface area (TPSA) is 88.2 Å². The molecule has 1 amide bonds. The quantitative estimate of drug-likeness (QED) is 0.371. The lowest BCUT2D eigenvalue weighted by Crippen LogP contribution is -2.50. The fourth-order valence-electron chi connectivity index (χ4n) is 2.28. The molecule has 0 aliphatic carbocycles. The molecule has 1 saturated heterocycles. The van der Waals surface area contributed by atoms with Crippen LogP contribution >= 0.6 is 0 Å². The van der Waals surface area contributed by atoms with Crippen LogP contribution in [0.4, 0.5) is 0 Å². The van der Waals surface area contributed by atoms with Gasteiger partial charge in [-0.1, -0.05) is 30.3 Å². The Morgan fingerprint density at radius 1 is 1.55 bits per heavy atom. The van der Waals surface area contributed by atoms with Crippen molar-refractivity contribution in [2.24, 2.45) is 10.9 Å². The maximum absolute atomic E-state index is 12.6. The van der Waals surface area contributed by atoms with Crippen LogP contribution < -0.4 is 5.73 Å². The first kappa shape index (κ1) is 14.3. The van der Waals surface area contributed by atoms with Crippen molar-refractivity contribution < 1.29 is 14.7 Å². The first-order valence-electron chi connectivity index (χ1n) is 6.63. The third kappa shape index (κ3) is 2.91. The van der Waals surface area contributed by atoms with Gasteiger partial charge in [0.2, 0.25) is 0 Å². The summed E-state index contributed by atoms with van der Waals surface area (Å²) in [4.78, 5) is 14.2. The number of amidine groups is 1. The highest BCUT2D eigenvalue weighted by Crippen LogP contribution is 2.15. The van der Waals surface area contributed by atoms with Gasteiger partial charge in [0.1, 0.15) is 6.10 Å². The average molecular weight is 277 g/mol. The van der Waals surface area contributed by atoms with Crippen LogP contribution in [0.25, 0.3) is 0 Å². The Labute approximate surface area is 117 Å². The molecule has 6 heteroatoms. The van der Waals surface area contributed by atoms with Gasteiger partial charge in [0.25, 0.3) is 5.91 Å². The molecule has 20 heavy (non-hydrogen) atoms. The minimum atomic E-state index is -0.550. The van der Waals surface area contributed by atoms with Gasteiger partial charge in [-0.15, -0.1) is 0 Å². The second-order valence-electron chi connectivity index (χ2n) is 4.65. The monoisotopic (exact) mass is 277 g/mol. The number of carbonyl (C=O) groups is 1. The van der Waals surface area contributed by atoms with E-state index in [0.29, 0.717) is 25.3 Å². The molecule has 1 unspecified atom stereocenters. The number of nitrogens with zero attached hydrogens (tertiary/aromatic N) is 2. The van der Waals surface area contributed by atoms with Crippen LogP contribution in [0.2, 0.25) is 0 Å². The fourth-order valence-corrected chi connectivity index (χ4v) is 2.28. The number of morpholine rings is 1. The van der Waals surface area contributed by atoms with E-state index in [-0.39, 0.29) is 11.7 Å². The van der Waals surface area contributed by atoms with E-state index < -0.39 is 6.10 Å². The number of oxime groups is 1. The Kier molecular flexibility index (Phi) is 4.57. The summed E-state index contributed by atoms with van der Waals surface area (Å²) in [6.45, 7) is 3.20. The number of amides is 1. The molecule has 1 heterocycles. The Hall–Kier alpha value is -2.08. The smallest absolute Gasteiger partial charge is 0.254 e. The number of aryl methyl sites for hydroxylation is 1. The molecular weight excluding hydrogens is 258 g/mol. The Morgan fingerprint density at radius 3 is 3.00 bits per heavy atom. The minimum absolute atomic E-state index is 0.00808. The van der Waals surface area contributed by atoms with E-state index in [1.165, 1.54) is 0 Å². The van der Waals surface area contributed by atoms with E-state index in [9.17, 15) is 4.79 Å². The van der Waals surface area contributed by atoms with Crippen LogP contribution in [0, 0.1) is 0 Å². The Morgan fingerprint density at radius 2 is 2.30 bits per heavy atom. The van der Waals surface area contributed by atoms with Crippen molar-refractivity contribution in [1.29, 1.82) is 0 Å². The highest BCUT2D eigenvalue weighted by Gasteiger charge is 2.28. The molecule has 1 aromatic rings. The lowest BCUT2D eigenvalue weighted by atomic mass is 10.0. The van der Waals surface area contributed by atoms with Crippen molar-refractivity contribution in [3.63, 3.8) is 0 Å². The Bertz CT molecular complexity index is 516. The zero-order valence-corrected chi connectivity index (χ0v) is 11.5. The van der Waals surface area contributed by atoms with Gasteiger partial charge in [0, 0.05) is 12.1 Å². The summed E-state index contributed by atoms with van der Waals surface area (Å²) >= 11 is 0. The molecule has 0 bridgehead atoms. The normalized spacial score (nSPS) is 19.9. The molecule has 1 atom stereocenters. The third-order valence-corrected chi connectivity index (χ3v) is 3.43. The molecule has 1 aliphatic heterocycles. The second-order valence-corrected chi connectivity index (χ2v) is 4.65. The summed E-state index contributed by atoms with van der Waals surface area (Å²) in [5, 5.41) is 11.6. The number of rotatable bonds is 3. The van der Waals surface area contributed by atoms with E-state index >= 15 is 0 Å². The van der Waals surface area contributed by atoms with E-state index in [4.69, 9.17) is 15.7 Å². The Balaban J connectivity index is 2.16. The molecule has 0 radical (unpaired) electrons. The van der Waals surface area contributed by atoms with Crippen LogP contribution in [-0.2, 0) is 11.2 Å². The van der Waals surface area contributed by atoms with Crippen LogP contribution in [0.3, 0.4) is 0 Å². The predicted molar refractivity (Wildman–Crippen MR) is 74.9 cm³/mol. The van der Waals surface area contributed by atoms with Crippen molar-refractivity contribution in [2.75, 3.05) is 19.7 Å². The SMILES string of the molecule is CCc1ccccc1C(=O)N1CCOC(/C(N)=N/O)C1. The molecule has 1 aromatic carbocycles. The number of carbonyl (C=O) groups excluding carboxylic acids is 1. The maximum Gasteiger partial charge on any atom is 0.254 e. The largest absolute Gasteiger partial charge is 0.409 e. The number of benzene rings is 1. The van der Waals surface area contributed by atoms with Crippen molar-refractivity contribution in [3.8, 4) is 0 Å². The van der Waals surface area contributed by atoms with E-state index in [1.807, 2.05) is 31.2 Å². The van der Waals surface area contributed by atoms with Gasteiger partial charge in [0.05, 0.1) is 13.2 Å². The molecule has 1 fully saturated rings. The first-order chi connectivity index (χ1) is 9.67. The summed E-state index contributed by atoms with van der Waals surface area (Å²) in [5.41, 5.74) is 7.26. The van der Waals surface area contributed by atoms with E-state index in [2.05, 4.69) is 5.16 Å². The second kappa shape index (κ2) is 6.38. The summed E-state index contributed by atoms with van der Waals surface area (Å²) < 4.78 is 5.39. The lowest BCUT2D eigenvalue weighted by Gasteiger charge is -2.32. The number of nitrogens with two attached hydrogens (primary N) is 1. The van der Waals surface area contributed by atoms with Crippen LogP contribution in [0.5, 0.6) is 0 Å². The molecule has 0 saturated carbocycles. The van der Waals surface area contributed by atoms with E-state index in [0.717, 1.165) is 12.0 Å². The molecular formula is C14H19N3O3. The summed E-state index contributed by atoms with van der Waals surface area (Å²) in [5.74, 6) is -0.0484. The molecule has 6 nitrogen and oxygen atoms in total. The summed E-state index contributed by atoms with van der Waals surface area (Å²) in [6.07, 6.45) is 0.252. The molecule has 0 spiro atoms. The zero-order chi connectivity index (χ0) is 14.5. The van der Waals surface area contributed by atoms with Gasteiger partial charge in [-0.2, -0.15) is 0 Å². The van der Waals surface area contributed by atoms with E-state index in [1.54, 1.807) is 4.90 Å². The van der Waals surface area contributed by atoms with Crippen LogP contribution in [0.15, 0.2) is 29.4 Å². The van der Waals surface area contributed by atoms with Gasteiger partial charge < -0.3 is 20.6 Å². The van der Waals surface area contributed by atoms with Crippen molar-refractivity contribution in [1.82, 2.24) is 4.90 Å². The first-order valence-corrected chi connectivity index (χ1v) is 6.63. The highest BCUT2D eigenvalue weighted by atomic mass is 16.5. The van der Waals surface area contributed by atoms with Gasteiger partial charge in [-0.3, -0.25) is 4.79 Å². The van der Waals surface area contributed by atoms with Gasteiger partial charge >= 0.3 is 0 Å². The molecule has 2 rings (SSSR count). The predicted octanol–water partition coefficient (Wildman–Crippen LogP) is 0.836. The number of hydrogen-bond acceptors (Lipinski definition) is 4. The van der Waals surface area contributed by atoms with Crippen molar-refractivity contribution >= 4 is 11.7 Å². The highest BCUT2D eigenvalue weighted by molar-refractivity contribution is 5.96. The van der Waals surface area contributed by atoms with Gasteiger partial charge in [-0.05, 0) is 18.1 Å². The average Bonchev–Trinajstić information content (AvgIpc) is 2.53. The molecule has 108 valence electrons. The van der Waals surface area contributed by atoms with Gasteiger partial charge in [-0.25, -0.2) is 0 Å². The van der Waals surface area contributed by atoms with Crippen LogP contribution in [-0.4, -0.2) is 47.7 Å². The van der Waals surface area contributed by atoms with Crippen molar-refractivity contribution in [3.05, 3.63) is 35.4 Å². The van der Waals surface area contributed by atoms with Crippen LogP contribution in [0.1, 0.15) is 22.8 Å². The van der Waals surface area contributed by atoms with Gasteiger partial charge in [0.15, 0.2) is 5.84 Å². The number of ether oxygens (including phenoxy) is 1. The number of hydrogen-bond donors (Lipinski definition) is 2. The van der Waals surface area contributed by atoms with Crippen molar-refractivity contribution in [2.45, 2.75) is 19.4 Å². The molecule has 1 aliphatic rings. The summed E-state index contributed by atoms with van der Waals surface area (Å²) in [7, 11) is 0. The lowest BCUT2D eigenvalue weighted by molar-refractivity contribution is 0.00671. The fraction of sp³-hybridized carbons (Fsp3) is 0.429. The molecule has 3 N–H and O–H groups in total. The third-order valence-electron chi connectivity index (χ3n) is 3.43. The molecule has 0 aromatic heterocycles. The zero-order valence-electron chi connectivity index (χ0n) is 11.5.